The van der Waals surface area contributed by atoms with Crippen LogP contribution in [-0.2, 0) is 11.3 Å². The number of benzene rings is 1. The average molecular weight is 377 g/mol. The van der Waals surface area contributed by atoms with E-state index in [4.69, 9.17) is 11.6 Å². The van der Waals surface area contributed by atoms with Gasteiger partial charge in [0.05, 0.1) is 28.3 Å². The molecule has 1 aromatic carbocycles. The minimum absolute atomic E-state index is 0.302. The van der Waals surface area contributed by atoms with Gasteiger partial charge >= 0.3 is 0 Å². The molecule has 0 saturated carbocycles. The molecule has 0 aliphatic rings. The molecule has 1 atom stereocenters. The summed E-state index contributed by atoms with van der Waals surface area (Å²) in [6.45, 7) is 8.33. The predicted molar refractivity (Wildman–Crippen MR) is 105 cm³/mol. The molecule has 26 heavy (non-hydrogen) atoms. The molecular formula is C19H25ClN4O2. The predicted octanol–water partition coefficient (Wildman–Crippen LogP) is 4.12. The monoisotopic (exact) mass is 376 g/mol. The Bertz CT molecular complexity index is 799. The van der Waals surface area contributed by atoms with Gasteiger partial charge in [-0.05, 0) is 39.3 Å². The van der Waals surface area contributed by atoms with E-state index in [2.05, 4.69) is 22.7 Å². The molecule has 0 aliphatic carbocycles. The van der Waals surface area contributed by atoms with Gasteiger partial charge in [-0.3, -0.25) is 14.3 Å². The number of aryl methyl sites for hydroxylation is 2. The van der Waals surface area contributed by atoms with E-state index in [9.17, 15) is 9.59 Å². The number of halogens is 1. The maximum Gasteiger partial charge on any atom is 0.257 e. The van der Waals surface area contributed by atoms with Crippen LogP contribution in [0, 0.1) is 13.8 Å². The summed E-state index contributed by atoms with van der Waals surface area (Å²) >= 11 is 5.80. The summed E-state index contributed by atoms with van der Waals surface area (Å²) in [5, 5.41) is 9.43. The van der Waals surface area contributed by atoms with Gasteiger partial charge in [-0.25, -0.2) is 0 Å². The number of carbonyl (C=O) groups excluding carboxylic acids is 2. The highest BCUT2D eigenvalue weighted by Gasteiger charge is 2.19. The maximum atomic E-state index is 12.8. The summed E-state index contributed by atoms with van der Waals surface area (Å²) in [5.74, 6) is -0.656. The Kier molecular flexibility index (Phi) is 6.80. The second-order valence-corrected chi connectivity index (χ2v) is 6.88. The first-order valence-corrected chi connectivity index (χ1v) is 9.18. The van der Waals surface area contributed by atoms with Crippen molar-refractivity contribution in [2.75, 3.05) is 10.6 Å². The number of unbranched alkanes of at least 4 members (excludes halogenated alkanes) is 1. The summed E-state index contributed by atoms with van der Waals surface area (Å²) in [6.07, 6.45) is 2.10. The van der Waals surface area contributed by atoms with Gasteiger partial charge in [-0.2, -0.15) is 5.10 Å². The van der Waals surface area contributed by atoms with Crippen molar-refractivity contribution in [3.63, 3.8) is 0 Å². The summed E-state index contributed by atoms with van der Waals surface area (Å²) in [5.41, 5.74) is 3.19. The molecule has 0 spiro atoms. The van der Waals surface area contributed by atoms with Crippen LogP contribution in [0.25, 0.3) is 0 Å². The number of aromatic nitrogens is 2. The molecular weight excluding hydrogens is 352 g/mol. The van der Waals surface area contributed by atoms with E-state index in [1.165, 1.54) is 0 Å². The van der Waals surface area contributed by atoms with Gasteiger partial charge < -0.3 is 10.6 Å². The Morgan fingerprint density at radius 2 is 1.92 bits per heavy atom. The van der Waals surface area contributed by atoms with Crippen LogP contribution in [0.1, 0.15) is 48.4 Å². The smallest absolute Gasteiger partial charge is 0.257 e. The van der Waals surface area contributed by atoms with Crippen LogP contribution >= 0.6 is 11.6 Å². The van der Waals surface area contributed by atoms with Gasteiger partial charge in [-0.1, -0.05) is 25.5 Å². The van der Waals surface area contributed by atoms with Crippen LogP contribution in [0.15, 0.2) is 24.3 Å². The van der Waals surface area contributed by atoms with E-state index >= 15 is 0 Å². The number of hydrogen-bond acceptors (Lipinski definition) is 3. The van der Waals surface area contributed by atoms with Crippen molar-refractivity contribution in [1.29, 1.82) is 0 Å². The molecule has 140 valence electrons. The number of nitrogens with zero attached hydrogens (tertiary/aromatic N) is 2. The van der Waals surface area contributed by atoms with Gasteiger partial charge in [0.1, 0.15) is 5.38 Å². The van der Waals surface area contributed by atoms with E-state index in [0.29, 0.717) is 16.9 Å². The second kappa shape index (κ2) is 8.85. The highest BCUT2D eigenvalue weighted by Crippen LogP contribution is 2.23. The summed E-state index contributed by atoms with van der Waals surface area (Å²) in [4.78, 5) is 24.7. The fraction of sp³-hybridized carbons (Fsp3) is 0.421. The standard InChI is InChI=1S/C19H25ClN4O2/c1-5-6-11-24-14(4)17(13(3)23-24)22-19(26)15-9-7-8-10-16(15)21-18(25)12(2)20/h7-10,12H,5-6,11H2,1-4H3,(H,21,25)(H,22,26)/t12-/m0/s1. The number of carbonyl (C=O) groups is 2. The molecule has 2 N–H and O–H groups in total. The molecule has 0 aliphatic heterocycles. The lowest BCUT2D eigenvalue weighted by Gasteiger charge is -2.12. The lowest BCUT2D eigenvalue weighted by Crippen LogP contribution is -2.23. The van der Waals surface area contributed by atoms with E-state index < -0.39 is 5.38 Å². The number of alkyl halides is 1. The Hall–Kier alpha value is -2.34. The van der Waals surface area contributed by atoms with Crippen LogP contribution in [-0.4, -0.2) is 27.0 Å². The molecule has 2 aromatic rings. The lowest BCUT2D eigenvalue weighted by molar-refractivity contribution is -0.115. The molecule has 0 unspecified atom stereocenters. The van der Waals surface area contributed by atoms with Gasteiger partial charge in [0.2, 0.25) is 5.91 Å². The van der Waals surface area contributed by atoms with E-state index in [0.717, 1.165) is 30.8 Å². The summed E-state index contributed by atoms with van der Waals surface area (Å²) in [7, 11) is 0. The summed E-state index contributed by atoms with van der Waals surface area (Å²) in [6, 6.07) is 6.84. The third-order valence-electron chi connectivity index (χ3n) is 4.13. The van der Waals surface area contributed by atoms with E-state index in [1.54, 1.807) is 31.2 Å². The van der Waals surface area contributed by atoms with Crippen LogP contribution in [0.4, 0.5) is 11.4 Å². The Morgan fingerprint density at radius 3 is 2.58 bits per heavy atom. The molecule has 1 heterocycles. The van der Waals surface area contributed by atoms with Crippen molar-refractivity contribution in [2.45, 2.75) is 52.5 Å². The number of amides is 2. The average Bonchev–Trinajstić information content (AvgIpc) is 2.87. The molecule has 0 bridgehead atoms. The number of anilines is 2. The number of para-hydroxylation sites is 1. The molecule has 2 rings (SSSR count). The Morgan fingerprint density at radius 1 is 1.23 bits per heavy atom. The molecule has 2 amide bonds. The first kappa shape index (κ1) is 20.0. The van der Waals surface area contributed by atoms with Crippen LogP contribution in [0.3, 0.4) is 0 Å². The lowest BCUT2D eigenvalue weighted by atomic mass is 10.1. The maximum absolute atomic E-state index is 12.8. The van der Waals surface area contributed by atoms with Gasteiger partial charge in [0.15, 0.2) is 0 Å². The van der Waals surface area contributed by atoms with Crippen LogP contribution in [0.5, 0.6) is 0 Å². The van der Waals surface area contributed by atoms with Crippen molar-refractivity contribution in [3.05, 3.63) is 41.2 Å². The highest BCUT2D eigenvalue weighted by molar-refractivity contribution is 6.32. The zero-order valence-electron chi connectivity index (χ0n) is 15.6. The van der Waals surface area contributed by atoms with Gasteiger partial charge in [-0.15, -0.1) is 11.6 Å². The first-order valence-electron chi connectivity index (χ1n) is 8.74. The number of hydrogen-bond donors (Lipinski definition) is 2. The molecule has 0 saturated heterocycles. The fourth-order valence-corrected chi connectivity index (χ4v) is 2.66. The van der Waals surface area contributed by atoms with Crippen molar-refractivity contribution in [2.24, 2.45) is 0 Å². The second-order valence-electron chi connectivity index (χ2n) is 6.23. The minimum Gasteiger partial charge on any atom is -0.324 e. The van der Waals surface area contributed by atoms with E-state index in [-0.39, 0.29) is 11.8 Å². The van der Waals surface area contributed by atoms with Crippen molar-refractivity contribution >= 4 is 34.8 Å². The Balaban J connectivity index is 2.23. The summed E-state index contributed by atoms with van der Waals surface area (Å²) < 4.78 is 1.91. The zero-order chi connectivity index (χ0) is 19.3. The fourth-order valence-electron chi connectivity index (χ4n) is 2.61. The van der Waals surface area contributed by atoms with Gasteiger partial charge in [0.25, 0.3) is 5.91 Å². The molecule has 7 heteroatoms. The van der Waals surface area contributed by atoms with E-state index in [1.807, 2.05) is 18.5 Å². The molecule has 6 nitrogen and oxygen atoms in total. The first-order chi connectivity index (χ1) is 12.3. The third-order valence-corrected chi connectivity index (χ3v) is 4.33. The van der Waals surface area contributed by atoms with Crippen molar-refractivity contribution < 1.29 is 9.59 Å². The third kappa shape index (κ3) is 4.64. The minimum atomic E-state index is -0.688. The quantitative estimate of drug-likeness (QED) is 0.713. The Labute approximate surface area is 158 Å². The molecule has 0 radical (unpaired) electrons. The van der Waals surface area contributed by atoms with Crippen LogP contribution < -0.4 is 10.6 Å². The highest BCUT2D eigenvalue weighted by atomic mass is 35.5. The van der Waals surface area contributed by atoms with Gasteiger partial charge in [0, 0.05) is 6.54 Å². The normalized spacial score (nSPS) is 11.9. The van der Waals surface area contributed by atoms with Crippen molar-refractivity contribution in [1.82, 2.24) is 9.78 Å². The number of rotatable bonds is 7. The topological polar surface area (TPSA) is 76.0 Å². The zero-order valence-corrected chi connectivity index (χ0v) is 16.4. The largest absolute Gasteiger partial charge is 0.324 e. The SMILES string of the molecule is CCCCn1nc(C)c(NC(=O)c2ccccc2NC(=O)[C@H](C)Cl)c1C. The van der Waals surface area contributed by atoms with Crippen LogP contribution in [0.2, 0.25) is 0 Å². The van der Waals surface area contributed by atoms with Crippen molar-refractivity contribution in [3.8, 4) is 0 Å². The molecule has 0 fully saturated rings. The molecule has 1 aromatic heterocycles. The number of nitrogens with one attached hydrogen (secondary N) is 2.